The van der Waals surface area contributed by atoms with E-state index in [4.69, 9.17) is 4.42 Å². The molecule has 0 aliphatic heterocycles. The van der Waals surface area contributed by atoms with Crippen molar-refractivity contribution in [2.45, 2.75) is 12.3 Å². The van der Waals surface area contributed by atoms with E-state index >= 15 is 0 Å². The standard InChI is InChI=1S/C44H29NOS/c1-2-9-30-26-31(17-16-28(30)8-1)29-18-21-33(22-19-29)45(39-13-7-12-37-36-10-4-6-15-42(36)47-44(37)39)34-23-24-35-32(27-34)20-25-41-43(35)38-11-3-5-14-40(38)46-41/h1-18,20-27,29H,19H2. The fourth-order valence-electron chi connectivity index (χ4n) is 7.48. The Morgan fingerprint density at radius 3 is 2.32 bits per heavy atom. The molecule has 0 amide bonds. The molecule has 1 unspecified atom stereocenters. The number of fused-ring (bicyclic) bond motifs is 9. The number of thiophene rings is 1. The van der Waals surface area contributed by atoms with Crippen LogP contribution in [0.25, 0.3) is 63.7 Å². The van der Waals surface area contributed by atoms with Gasteiger partial charge in [0.2, 0.25) is 0 Å². The summed E-state index contributed by atoms with van der Waals surface area (Å²) in [6.45, 7) is 0. The molecule has 0 saturated heterocycles. The molecule has 0 N–H and O–H groups in total. The number of hydrogen-bond acceptors (Lipinski definition) is 3. The second kappa shape index (κ2) is 10.4. The number of furan rings is 1. The van der Waals surface area contributed by atoms with Crippen LogP contribution in [0.5, 0.6) is 0 Å². The third-order valence-corrected chi connectivity index (χ3v) is 11.0. The van der Waals surface area contributed by atoms with E-state index in [2.05, 4.69) is 157 Å². The van der Waals surface area contributed by atoms with Crippen molar-refractivity contribution in [3.8, 4) is 0 Å². The second-order valence-electron chi connectivity index (χ2n) is 12.5. The zero-order valence-corrected chi connectivity index (χ0v) is 26.4. The van der Waals surface area contributed by atoms with Gasteiger partial charge in [-0.2, -0.15) is 0 Å². The van der Waals surface area contributed by atoms with Crippen LogP contribution >= 0.6 is 11.3 Å². The third kappa shape index (κ3) is 4.24. The normalized spacial score (nSPS) is 15.0. The van der Waals surface area contributed by atoms with E-state index in [0.29, 0.717) is 5.92 Å². The Bertz CT molecular complexity index is 2740. The highest BCUT2D eigenvalue weighted by Gasteiger charge is 2.22. The molecule has 47 heavy (non-hydrogen) atoms. The molecule has 3 heteroatoms. The first kappa shape index (κ1) is 26.6. The second-order valence-corrected chi connectivity index (χ2v) is 13.5. The van der Waals surface area contributed by atoms with Gasteiger partial charge in [0, 0.05) is 43.5 Å². The van der Waals surface area contributed by atoms with Crippen LogP contribution in [0, 0.1) is 0 Å². The molecule has 0 bridgehead atoms. The summed E-state index contributed by atoms with van der Waals surface area (Å²) in [7, 11) is 0. The van der Waals surface area contributed by atoms with Crippen LogP contribution in [0.4, 0.5) is 11.4 Å². The molecule has 2 nitrogen and oxygen atoms in total. The average Bonchev–Trinajstić information content (AvgIpc) is 3.71. The number of benzene rings is 7. The topological polar surface area (TPSA) is 16.4 Å². The van der Waals surface area contributed by atoms with Crippen molar-refractivity contribution in [3.63, 3.8) is 0 Å². The van der Waals surface area contributed by atoms with Crippen LogP contribution in [0.15, 0.2) is 168 Å². The largest absolute Gasteiger partial charge is 0.456 e. The van der Waals surface area contributed by atoms with Gasteiger partial charge in [-0.25, -0.2) is 0 Å². The molecule has 1 atom stereocenters. The summed E-state index contributed by atoms with van der Waals surface area (Å²) in [6, 6.07) is 50.6. The first-order valence-electron chi connectivity index (χ1n) is 16.2. The van der Waals surface area contributed by atoms with Crippen molar-refractivity contribution in [2.75, 3.05) is 4.90 Å². The van der Waals surface area contributed by atoms with Crippen LogP contribution in [-0.4, -0.2) is 0 Å². The van der Waals surface area contributed by atoms with Crippen LogP contribution < -0.4 is 4.90 Å². The van der Waals surface area contributed by atoms with Crippen LogP contribution in [-0.2, 0) is 0 Å². The molecule has 0 radical (unpaired) electrons. The van der Waals surface area contributed by atoms with E-state index in [1.807, 2.05) is 17.4 Å². The number of allylic oxidation sites excluding steroid dienone is 3. The van der Waals surface area contributed by atoms with E-state index in [1.54, 1.807) is 0 Å². The fourth-order valence-corrected chi connectivity index (χ4v) is 8.68. The lowest BCUT2D eigenvalue weighted by atomic mass is 9.90. The number of hydrogen-bond donors (Lipinski definition) is 0. The van der Waals surface area contributed by atoms with E-state index in [0.717, 1.165) is 28.7 Å². The fraction of sp³-hybridized carbons (Fsp3) is 0.0455. The summed E-state index contributed by atoms with van der Waals surface area (Å²) in [5.41, 5.74) is 6.76. The lowest BCUT2D eigenvalue weighted by molar-refractivity contribution is 0.669. The molecule has 10 rings (SSSR count). The molecule has 1 aliphatic rings. The van der Waals surface area contributed by atoms with Gasteiger partial charge in [0.25, 0.3) is 0 Å². The minimum atomic E-state index is 0.338. The lowest BCUT2D eigenvalue weighted by Crippen LogP contribution is -2.17. The summed E-state index contributed by atoms with van der Waals surface area (Å²) >= 11 is 1.88. The smallest absolute Gasteiger partial charge is 0.136 e. The van der Waals surface area contributed by atoms with Crippen molar-refractivity contribution in [1.29, 1.82) is 0 Å². The SMILES string of the molecule is C1=CC(c2ccc3ccccc3c2)CC=C1N(c1ccc2c(ccc3oc4ccccc4c32)c1)c1cccc2c1sc1ccccc12. The summed E-state index contributed by atoms with van der Waals surface area (Å²) in [6.07, 6.45) is 8.08. The van der Waals surface area contributed by atoms with Gasteiger partial charge in [0.05, 0.1) is 10.4 Å². The maximum atomic E-state index is 6.22. The molecule has 222 valence electrons. The Kier molecular flexibility index (Phi) is 5.91. The summed E-state index contributed by atoms with van der Waals surface area (Å²) in [4.78, 5) is 2.46. The molecule has 0 spiro atoms. The maximum Gasteiger partial charge on any atom is 0.136 e. The Hall–Kier alpha value is -5.64. The molecule has 7 aromatic carbocycles. The monoisotopic (exact) mass is 619 g/mol. The minimum absolute atomic E-state index is 0.338. The number of anilines is 2. The predicted molar refractivity (Wildman–Crippen MR) is 201 cm³/mol. The van der Waals surface area contributed by atoms with Gasteiger partial charge >= 0.3 is 0 Å². The van der Waals surface area contributed by atoms with Gasteiger partial charge in [-0.15, -0.1) is 11.3 Å². The molecular formula is C44H29NOS. The first-order chi connectivity index (χ1) is 23.3. The van der Waals surface area contributed by atoms with Gasteiger partial charge in [0.15, 0.2) is 0 Å². The van der Waals surface area contributed by atoms with E-state index < -0.39 is 0 Å². The van der Waals surface area contributed by atoms with Crippen molar-refractivity contribution >= 4 is 86.4 Å². The number of nitrogens with zero attached hydrogens (tertiary/aromatic N) is 1. The summed E-state index contributed by atoms with van der Waals surface area (Å²) in [5, 5.41) is 9.93. The van der Waals surface area contributed by atoms with E-state index in [1.165, 1.54) is 64.1 Å². The highest BCUT2D eigenvalue weighted by Crippen LogP contribution is 2.45. The zero-order chi connectivity index (χ0) is 30.9. The Morgan fingerprint density at radius 1 is 0.596 bits per heavy atom. The molecule has 2 aromatic heterocycles. The molecule has 0 fully saturated rings. The first-order valence-corrected chi connectivity index (χ1v) is 17.0. The maximum absolute atomic E-state index is 6.22. The molecular weight excluding hydrogens is 591 g/mol. The van der Waals surface area contributed by atoms with Crippen LogP contribution in [0.3, 0.4) is 0 Å². The Balaban J connectivity index is 1.13. The lowest BCUT2D eigenvalue weighted by Gasteiger charge is -2.30. The quantitative estimate of drug-likeness (QED) is 0.195. The Labute approximate surface area is 276 Å². The summed E-state index contributed by atoms with van der Waals surface area (Å²) < 4.78 is 8.84. The minimum Gasteiger partial charge on any atom is -0.456 e. The van der Waals surface area contributed by atoms with Crippen molar-refractivity contribution in [3.05, 3.63) is 169 Å². The molecule has 2 heterocycles. The van der Waals surface area contributed by atoms with Gasteiger partial charge in [-0.05, 0) is 76.0 Å². The molecule has 1 aliphatic carbocycles. The highest BCUT2D eigenvalue weighted by atomic mass is 32.1. The molecule has 9 aromatic rings. The van der Waals surface area contributed by atoms with Crippen LogP contribution in [0.1, 0.15) is 17.9 Å². The average molecular weight is 620 g/mol. The highest BCUT2D eigenvalue weighted by molar-refractivity contribution is 7.26. The summed E-state index contributed by atoms with van der Waals surface area (Å²) in [5.74, 6) is 0.338. The zero-order valence-electron chi connectivity index (χ0n) is 25.6. The van der Waals surface area contributed by atoms with Crippen molar-refractivity contribution in [1.82, 2.24) is 0 Å². The number of rotatable bonds is 4. The van der Waals surface area contributed by atoms with E-state index in [-0.39, 0.29) is 0 Å². The van der Waals surface area contributed by atoms with Gasteiger partial charge in [0.1, 0.15) is 11.2 Å². The molecule has 0 saturated carbocycles. The van der Waals surface area contributed by atoms with E-state index in [9.17, 15) is 0 Å². The van der Waals surface area contributed by atoms with Crippen molar-refractivity contribution < 1.29 is 4.42 Å². The van der Waals surface area contributed by atoms with Crippen molar-refractivity contribution in [2.24, 2.45) is 0 Å². The Morgan fingerprint density at radius 2 is 1.40 bits per heavy atom. The van der Waals surface area contributed by atoms with Gasteiger partial charge in [-0.3, -0.25) is 0 Å². The van der Waals surface area contributed by atoms with Gasteiger partial charge < -0.3 is 9.32 Å². The third-order valence-electron chi connectivity index (χ3n) is 9.76. The van der Waals surface area contributed by atoms with Gasteiger partial charge in [-0.1, -0.05) is 115 Å². The number of para-hydroxylation sites is 1. The van der Waals surface area contributed by atoms with Crippen LogP contribution in [0.2, 0.25) is 0 Å². The predicted octanol–water partition coefficient (Wildman–Crippen LogP) is 13.0.